The zero-order valence-electron chi connectivity index (χ0n) is 14.6. The summed E-state index contributed by atoms with van der Waals surface area (Å²) in [6, 6.07) is 2.87. The Hall–Kier alpha value is -1.59. The van der Waals surface area contributed by atoms with Crippen molar-refractivity contribution < 1.29 is 22.7 Å². The number of rotatable bonds is 8. The molecule has 0 saturated carbocycles. The molecule has 1 amide bonds. The van der Waals surface area contributed by atoms with E-state index in [0.29, 0.717) is 24.4 Å². The van der Waals surface area contributed by atoms with Gasteiger partial charge in [0.25, 0.3) is 5.91 Å². The van der Waals surface area contributed by atoms with E-state index in [0.717, 1.165) is 6.20 Å². The number of methoxy groups -OCH3 is 1. The minimum atomic E-state index is -4.82. The van der Waals surface area contributed by atoms with E-state index in [4.69, 9.17) is 16.3 Å². The Morgan fingerprint density at radius 1 is 1.29 bits per heavy atom. The second kappa shape index (κ2) is 12.1. The number of aromatic nitrogens is 3. The van der Waals surface area contributed by atoms with Gasteiger partial charge in [0.1, 0.15) is 0 Å². The predicted octanol–water partition coefficient (Wildman–Crippen LogP) is 2.75. The van der Waals surface area contributed by atoms with Gasteiger partial charge >= 0.3 is 6.18 Å². The summed E-state index contributed by atoms with van der Waals surface area (Å²) in [6.07, 6.45) is -2.68. The molecule has 7 nitrogen and oxygen atoms in total. The van der Waals surface area contributed by atoms with Crippen LogP contribution in [0.3, 0.4) is 0 Å². The second-order valence-electron chi connectivity index (χ2n) is 5.12. The van der Waals surface area contributed by atoms with Crippen LogP contribution in [0.15, 0.2) is 24.5 Å². The molecule has 0 aromatic carbocycles. The van der Waals surface area contributed by atoms with Crippen LogP contribution in [-0.4, -0.2) is 54.0 Å². The van der Waals surface area contributed by atoms with E-state index in [1.165, 1.54) is 18.3 Å². The molecule has 0 saturated heterocycles. The summed E-state index contributed by atoms with van der Waals surface area (Å²) in [6.45, 7) is 1.59. The molecule has 0 aliphatic carbocycles. The first-order chi connectivity index (χ1) is 12.4. The van der Waals surface area contributed by atoms with Crippen molar-refractivity contribution in [1.82, 2.24) is 25.4 Å². The molecule has 0 bridgehead atoms. The third-order valence-electron chi connectivity index (χ3n) is 3.29. The zero-order valence-corrected chi connectivity index (χ0v) is 17.0. The van der Waals surface area contributed by atoms with Crippen LogP contribution >= 0.6 is 36.4 Å². The molecule has 28 heavy (non-hydrogen) atoms. The Bertz CT molecular complexity index is 759. The van der Waals surface area contributed by atoms with Crippen molar-refractivity contribution in [3.05, 3.63) is 40.8 Å². The van der Waals surface area contributed by atoms with Gasteiger partial charge in [-0.1, -0.05) is 11.6 Å². The van der Waals surface area contributed by atoms with Gasteiger partial charge in [0.15, 0.2) is 11.5 Å². The van der Waals surface area contributed by atoms with E-state index in [1.807, 2.05) is 0 Å². The largest absolute Gasteiger partial charge is 0.434 e. The fraction of sp³-hybridized carbons (Fsp3) is 0.400. The van der Waals surface area contributed by atoms with E-state index in [2.05, 4.69) is 20.7 Å². The maximum atomic E-state index is 13.5. The van der Waals surface area contributed by atoms with Gasteiger partial charge in [-0.2, -0.15) is 18.3 Å². The highest BCUT2D eigenvalue weighted by Gasteiger charge is 2.41. The van der Waals surface area contributed by atoms with Gasteiger partial charge in [0, 0.05) is 32.9 Å². The minimum absolute atomic E-state index is 0. The Morgan fingerprint density at radius 2 is 2.00 bits per heavy atom. The van der Waals surface area contributed by atoms with Crippen molar-refractivity contribution in [2.45, 2.75) is 6.18 Å². The Balaban J connectivity index is 0.00000364. The number of amides is 1. The molecular formula is C15H19Cl3F3N5O2. The second-order valence-corrected chi connectivity index (χ2v) is 5.53. The predicted molar refractivity (Wildman–Crippen MR) is 103 cm³/mol. The van der Waals surface area contributed by atoms with Gasteiger partial charge in [-0.3, -0.25) is 4.79 Å². The van der Waals surface area contributed by atoms with Crippen molar-refractivity contribution in [3.8, 4) is 5.82 Å². The molecule has 2 rings (SSSR count). The number of carbonyl (C=O) groups is 1. The maximum Gasteiger partial charge on any atom is 0.434 e. The van der Waals surface area contributed by atoms with Gasteiger partial charge in [0.05, 0.1) is 23.4 Å². The lowest BCUT2D eigenvalue weighted by molar-refractivity contribution is -0.143. The van der Waals surface area contributed by atoms with E-state index >= 15 is 0 Å². The average Bonchev–Trinajstić information content (AvgIpc) is 3.03. The normalized spacial score (nSPS) is 10.8. The molecule has 0 unspecified atom stereocenters. The molecule has 2 N–H and O–H groups in total. The first-order valence-electron chi connectivity index (χ1n) is 7.60. The molecule has 2 aromatic rings. The van der Waals surface area contributed by atoms with Gasteiger partial charge in [-0.05, 0) is 12.1 Å². The number of halogens is 6. The van der Waals surface area contributed by atoms with E-state index in [1.54, 1.807) is 7.11 Å². The minimum Gasteiger partial charge on any atom is -0.383 e. The summed E-state index contributed by atoms with van der Waals surface area (Å²) < 4.78 is 45.9. The molecule has 0 aliphatic heterocycles. The molecule has 158 valence electrons. The number of alkyl halides is 3. The third kappa shape index (κ3) is 6.78. The lowest BCUT2D eigenvalue weighted by Gasteiger charge is -2.13. The van der Waals surface area contributed by atoms with Gasteiger partial charge < -0.3 is 15.4 Å². The molecule has 0 spiro atoms. The lowest BCUT2D eigenvalue weighted by Crippen LogP contribution is -2.34. The SMILES string of the molecule is COCCNCCNC(=O)c1cnn(-c2ncccc2Cl)c1C(F)(F)F.Cl.Cl. The number of hydrogen-bond donors (Lipinski definition) is 2. The van der Waals surface area contributed by atoms with Crippen molar-refractivity contribution in [3.63, 3.8) is 0 Å². The van der Waals surface area contributed by atoms with Crippen molar-refractivity contribution in [1.29, 1.82) is 0 Å². The monoisotopic (exact) mass is 463 g/mol. The van der Waals surface area contributed by atoms with E-state index in [-0.39, 0.29) is 42.2 Å². The quantitative estimate of drug-likeness (QED) is 0.587. The maximum absolute atomic E-state index is 13.5. The van der Waals surface area contributed by atoms with Crippen LogP contribution in [0.2, 0.25) is 5.02 Å². The highest BCUT2D eigenvalue weighted by molar-refractivity contribution is 6.32. The Morgan fingerprint density at radius 3 is 2.61 bits per heavy atom. The summed E-state index contributed by atoms with van der Waals surface area (Å²) in [5.41, 5.74) is -1.83. The standard InChI is InChI=1S/C15H17ClF3N5O2.2ClH/c1-26-8-7-20-5-6-22-14(25)10-9-23-24(12(10)15(17,18)19)13-11(16)3-2-4-21-13;;/h2-4,9,20H,5-8H2,1H3,(H,22,25);2*1H. The number of nitrogens with zero attached hydrogens (tertiary/aromatic N) is 3. The van der Waals surface area contributed by atoms with Gasteiger partial charge in [-0.15, -0.1) is 24.8 Å². The molecule has 0 radical (unpaired) electrons. The van der Waals surface area contributed by atoms with Crippen LogP contribution in [-0.2, 0) is 10.9 Å². The highest BCUT2D eigenvalue weighted by Crippen LogP contribution is 2.34. The highest BCUT2D eigenvalue weighted by atomic mass is 35.5. The molecule has 0 atom stereocenters. The summed E-state index contributed by atoms with van der Waals surface area (Å²) in [7, 11) is 1.55. The van der Waals surface area contributed by atoms with Gasteiger partial charge in [-0.25, -0.2) is 9.67 Å². The number of ether oxygens (including phenoxy) is 1. The van der Waals surface area contributed by atoms with Gasteiger partial charge in [0.2, 0.25) is 0 Å². The fourth-order valence-corrected chi connectivity index (χ4v) is 2.34. The molecular weight excluding hydrogens is 446 g/mol. The van der Waals surface area contributed by atoms with Crippen LogP contribution in [0.4, 0.5) is 13.2 Å². The summed E-state index contributed by atoms with van der Waals surface area (Å²) in [4.78, 5) is 16.0. The van der Waals surface area contributed by atoms with Crippen molar-refractivity contribution in [2.75, 3.05) is 33.4 Å². The molecule has 2 heterocycles. The van der Waals surface area contributed by atoms with Crippen LogP contribution < -0.4 is 10.6 Å². The van der Waals surface area contributed by atoms with E-state index in [9.17, 15) is 18.0 Å². The number of nitrogens with one attached hydrogen (secondary N) is 2. The molecule has 0 fully saturated rings. The average molecular weight is 465 g/mol. The van der Waals surface area contributed by atoms with Crippen molar-refractivity contribution in [2.24, 2.45) is 0 Å². The third-order valence-corrected chi connectivity index (χ3v) is 3.59. The molecule has 2 aromatic heterocycles. The lowest BCUT2D eigenvalue weighted by atomic mass is 10.2. The molecule has 0 aliphatic rings. The number of carbonyl (C=O) groups excluding carboxylic acids is 1. The molecule has 13 heteroatoms. The fourth-order valence-electron chi connectivity index (χ4n) is 2.14. The number of pyridine rings is 1. The van der Waals surface area contributed by atoms with Crippen molar-refractivity contribution >= 4 is 42.3 Å². The summed E-state index contributed by atoms with van der Waals surface area (Å²) >= 11 is 5.90. The van der Waals surface area contributed by atoms with Crippen LogP contribution in [0.1, 0.15) is 16.1 Å². The number of hydrogen-bond acceptors (Lipinski definition) is 5. The Kier molecular flexibility index (Phi) is 11.4. The summed E-state index contributed by atoms with van der Waals surface area (Å²) in [5.74, 6) is -1.09. The Labute approximate surface area is 176 Å². The topological polar surface area (TPSA) is 81.1 Å². The zero-order chi connectivity index (χ0) is 19.2. The van der Waals surface area contributed by atoms with Crippen LogP contribution in [0.5, 0.6) is 0 Å². The van der Waals surface area contributed by atoms with E-state index < -0.39 is 23.3 Å². The first kappa shape index (κ1) is 26.4. The van der Waals surface area contributed by atoms with Crippen LogP contribution in [0, 0.1) is 0 Å². The van der Waals surface area contributed by atoms with Crippen LogP contribution in [0.25, 0.3) is 5.82 Å². The smallest absolute Gasteiger partial charge is 0.383 e. The first-order valence-corrected chi connectivity index (χ1v) is 7.98. The summed E-state index contributed by atoms with van der Waals surface area (Å²) in [5, 5.41) is 9.03.